The summed E-state index contributed by atoms with van der Waals surface area (Å²) < 4.78 is 2.83. The Morgan fingerprint density at radius 3 is 2.81 bits per heavy atom. The predicted octanol–water partition coefficient (Wildman–Crippen LogP) is 4.14. The number of carbonyl (C=O) groups is 1. The topological polar surface area (TPSA) is 72.2 Å². The highest BCUT2D eigenvalue weighted by molar-refractivity contribution is 9.10. The molecule has 0 radical (unpaired) electrons. The minimum Gasteiger partial charge on any atom is -0.305 e. The molecule has 138 valence electrons. The minimum absolute atomic E-state index is 0.183. The van der Waals surface area contributed by atoms with E-state index in [9.17, 15) is 4.79 Å². The molecule has 1 N–H and O–H groups in total. The zero-order chi connectivity index (χ0) is 19.2. The number of halogens is 2. The Balaban J connectivity index is 1.55. The van der Waals surface area contributed by atoms with Crippen LogP contribution in [0.15, 0.2) is 63.3 Å². The maximum Gasteiger partial charge on any atom is 0.250 e. The predicted molar refractivity (Wildman–Crippen MR) is 112 cm³/mol. The van der Waals surface area contributed by atoms with Crippen LogP contribution in [-0.2, 0) is 11.8 Å². The molecule has 3 aromatic rings. The number of benzene rings is 2. The summed E-state index contributed by atoms with van der Waals surface area (Å²) in [6.45, 7) is 0. The number of thioether (sulfide) groups is 1. The number of rotatable bonds is 6. The quantitative estimate of drug-likeness (QED) is 0.338. The Labute approximate surface area is 174 Å². The van der Waals surface area contributed by atoms with Gasteiger partial charge in [0.2, 0.25) is 0 Å². The van der Waals surface area contributed by atoms with Gasteiger partial charge < -0.3 is 4.57 Å². The second-order valence-electron chi connectivity index (χ2n) is 5.51. The number of hydrogen-bond donors (Lipinski definition) is 1. The largest absolute Gasteiger partial charge is 0.305 e. The fourth-order valence-corrected chi connectivity index (χ4v) is 3.44. The maximum atomic E-state index is 12.0. The molecule has 0 aliphatic carbocycles. The number of nitrogens with zero attached hydrogens (tertiary/aromatic N) is 4. The van der Waals surface area contributed by atoms with Crippen LogP contribution in [0.2, 0.25) is 5.02 Å². The Morgan fingerprint density at radius 2 is 2.07 bits per heavy atom. The van der Waals surface area contributed by atoms with E-state index >= 15 is 0 Å². The molecule has 3 rings (SSSR count). The van der Waals surface area contributed by atoms with E-state index in [1.54, 1.807) is 18.3 Å². The fourth-order valence-electron chi connectivity index (χ4n) is 2.21. The number of hydrogen-bond acceptors (Lipinski definition) is 5. The van der Waals surface area contributed by atoms with Crippen LogP contribution in [0.1, 0.15) is 5.56 Å². The molecule has 0 saturated carbocycles. The van der Waals surface area contributed by atoms with E-state index in [-0.39, 0.29) is 11.7 Å². The summed E-state index contributed by atoms with van der Waals surface area (Å²) in [5, 5.41) is 13.6. The van der Waals surface area contributed by atoms with Crippen LogP contribution in [-0.4, -0.2) is 32.6 Å². The molecule has 6 nitrogen and oxygen atoms in total. The van der Waals surface area contributed by atoms with Crippen molar-refractivity contribution in [3.05, 3.63) is 63.6 Å². The van der Waals surface area contributed by atoms with Crippen molar-refractivity contribution >= 4 is 51.4 Å². The Hall–Kier alpha value is -2.16. The average molecular weight is 465 g/mol. The molecule has 9 heteroatoms. The van der Waals surface area contributed by atoms with Crippen LogP contribution in [0.4, 0.5) is 0 Å². The van der Waals surface area contributed by atoms with Crippen LogP contribution in [0.5, 0.6) is 0 Å². The van der Waals surface area contributed by atoms with Gasteiger partial charge in [-0.25, -0.2) is 5.43 Å². The van der Waals surface area contributed by atoms with Crippen LogP contribution in [0.25, 0.3) is 11.4 Å². The normalized spacial score (nSPS) is 11.1. The second-order valence-corrected chi connectivity index (χ2v) is 7.80. The summed E-state index contributed by atoms with van der Waals surface area (Å²) in [5.41, 5.74) is 4.29. The van der Waals surface area contributed by atoms with E-state index in [2.05, 4.69) is 36.7 Å². The molecule has 0 spiro atoms. The highest BCUT2D eigenvalue weighted by Crippen LogP contribution is 2.24. The third-order valence-corrected chi connectivity index (χ3v) is 5.29. The zero-order valence-electron chi connectivity index (χ0n) is 14.3. The molecule has 0 saturated heterocycles. The second kappa shape index (κ2) is 9.16. The summed E-state index contributed by atoms with van der Waals surface area (Å²) in [5.74, 6) is 0.694. The van der Waals surface area contributed by atoms with Crippen LogP contribution >= 0.6 is 39.3 Å². The lowest BCUT2D eigenvalue weighted by Gasteiger charge is -2.04. The number of hydrazone groups is 1. The smallest absolute Gasteiger partial charge is 0.250 e. The van der Waals surface area contributed by atoms with Gasteiger partial charge in [0.05, 0.1) is 12.0 Å². The van der Waals surface area contributed by atoms with Gasteiger partial charge in [-0.15, -0.1) is 10.2 Å². The highest BCUT2D eigenvalue weighted by Gasteiger charge is 2.13. The first-order valence-electron chi connectivity index (χ1n) is 7.88. The standard InChI is InChI=1S/C18H15BrClN5OS/c1-25-17(13-3-2-4-14(19)9-13)23-24-18(25)27-11-16(26)22-21-10-12-5-7-15(20)8-6-12/h2-10H,11H2,1H3,(H,22,26)/b21-10-. The van der Waals surface area contributed by atoms with Crippen molar-refractivity contribution in [3.8, 4) is 11.4 Å². The molecular formula is C18H15BrClN5OS. The van der Waals surface area contributed by atoms with E-state index in [1.807, 2.05) is 48.0 Å². The lowest BCUT2D eigenvalue weighted by atomic mass is 10.2. The van der Waals surface area contributed by atoms with E-state index < -0.39 is 0 Å². The SMILES string of the molecule is Cn1c(SCC(=O)N/N=C\c2ccc(Cl)cc2)nnc1-c1cccc(Br)c1. The molecule has 0 unspecified atom stereocenters. The van der Waals surface area contributed by atoms with Crippen molar-refractivity contribution in [3.63, 3.8) is 0 Å². The Bertz CT molecular complexity index is 974. The molecule has 1 amide bonds. The van der Waals surface area contributed by atoms with Gasteiger partial charge in [-0.1, -0.05) is 63.6 Å². The van der Waals surface area contributed by atoms with Gasteiger partial charge in [0.15, 0.2) is 11.0 Å². The molecule has 2 aromatic carbocycles. The fraction of sp³-hybridized carbons (Fsp3) is 0.111. The molecule has 0 atom stereocenters. The third-order valence-electron chi connectivity index (χ3n) is 3.52. The monoisotopic (exact) mass is 463 g/mol. The van der Waals surface area contributed by atoms with E-state index in [1.165, 1.54) is 11.8 Å². The van der Waals surface area contributed by atoms with E-state index in [0.29, 0.717) is 10.2 Å². The molecule has 27 heavy (non-hydrogen) atoms. The van der Waals surface area contributed by atoms with Crippen molar-refractivity contribution in [2.75, 3.05) is 5.75 Å². The summed E-state index contributed by atoms with van der Waals surface area (Å²) >= 11 is 10.6. The van der Waals surface area contributed by atoms with Crippen molar-refractivity contribution in [2.45, 2.75) is 5.16 Å². The van der Waals surface area contributed by atoms with Crippen LogP contribution < -0.4 is 5.43 Å². The van der Waals surface area contributed by atoms with Gasteiger partial charge in [-0.05, 0) is 29.8 Å². The first kappa shape index (κ1) is 19.6. The van der Waals surface area contributed by atoms with Crippen molar-refractivity contribution in [1.82, 2.24) is 20.2 Å². The van der Waals surface area contributed by atoms with Crippen LogP contribution in [0.3, 0.4) is 0 Å². The van der Waals surface area contributed by atoms with E-state index in [0.717, 1.165) is 21.4 Å². The molecular weight excluding hydrogens is 450 g/mol. The number of amides is 1. The van der Waals surface area contributed by atoms with Crippen LogP contribution in [0, 0.1) is 0 Å². The van der Waals surface area contributed by atoms with Crippen molar-refractivity contribution in [2.24, 2.45) is 12.1 Å². The molecule has 0 aliphatic heterocycles. The van der Waals surface area contributed by atoms with Crippen molar-refractivity contribution < 1.29 is 4.79 Å². The van der Waals surface area contributed by atoms with E-state index in [4.69, 9.17) is 11.6 Å². The van der Waals surface area contributed by atoms with Crippen molar-refractivity contribution in [1.29, 1.82) is 0 Å². The Morgan fingerprint density at radius 1 is 1.30 bits per heavy atom. The number of aromatic nitrogens is 3. The lowest BCUT2D eigenvalue weighted by molar-refractivity contribution is -0.118. The summed E-state index contributed by atoms with van der Waals surface area (Å²) in [4.78, 5) is 12.0. The number of nitrogens with one attached hydrogen (secondary N) is 1. The highest BCUT2D eigenvalue weighted by atomic mass is 79.9. The molecule has 0 aliphatic rings. The number of carbonyl (C=O) groups excluding carboxylic acids is 1. The first-order chi connectivity index (χ1) is 13.0. The summed E-state index contributed by atoms with van der Waals surface area (Å²) in [6.07, 6.45) is 1.56. The summed E-state index contributed by atoms with van der Waals surface area (Å²) in [6, 6.07) is 15.0. The minimum atomic E-state index is -0.225. The molecule has 0 bridgehead atoms. The maximum absolute atomic E-state index is 12.0. The average Bonchev–Trinajstić information content (AvgIpc) is 3.02. The third kappa shape index (κ3) is 5.41. The van der Waals surface area contributed by atoms with Gasteiger partial charge in [0.25, 0.3) is 5.91 Å². The van der Waals surface area contributed by atoms with Gasteiger partial charge >= 0.3 is 0 Å². The first-order valence-corrected chi connectivity index (χ1v) is 10.0. The zero-order valence-corrected chi connectivity index (χ0v) is 17.4. The molecule has 0 fully saturated rings. The van der Waals surface area contributed by atoms with Gasteiger partial charge in [-0.2, -0.15) is 5.10 Å². The Kier molecular flexibility index (Phi) is 6.65. The lowest BCUT2D eigenvalue weighted by Crippen LogP contribution is -2.19. The van der Waals surface area contributed by atoms with Gasteiger partial charge in [-0.3, -0.25) is 4.79 Å². The van der Waals surface area contributed by atoms with Gasteiger partial charge in [0, 0.05) is 22.1 Å². The molecule has 1 aromatic heterocycles. The van der Waals surface area contributed by atoms with Gasteiger partial charge in [0.1, 0.15) is 0 Å². The summed E-state index contributed by atoms with van der Waals surface area (Å²) in [7, 11) is 1.87. The molecule has 1 heterocycles.